The number of nitrogens with one attached hydrogen (secondary N) is 4. The van der Waals surface area contributed by atoms with Crippen molar-refractivity contribution in [1.82, 2.24) is 20.9 Å². The summed E-state index contributed by atoms with van der Waals surface area (Å²) in [5.74, 6) is -1.89. The minimum Gasteiger partial charge on any atom is -0.380 e. The topological polar surface area (TPSA) is 126 Å². The van der Waals surface area contributed by atoms with E-state index >= 15 is 0 Å². The second kappa shape index (κ2) is 14.9. The first-order chi connectivity index (χ1) is 21.3. The van der Waals surface area contributed by atoms with Crippen molar-refractivity contribution in [2.75, 3.05) is 51.3 Å². The fourth-order valence-electron chi connectivity index (χ4n) is 5.96. The third-order valence-electron chi connectivity index (χ3n) is 8.19. The number of ether oxygens (including phenoxy) is 1. The van der Waals surface area contributed by atoms with Gasteiger partial charge in [-0.3, -0.25) is 25.0 Å². The van der Waals surface area contributed by atoms with Gasteiger partial charge in [0.1, 0.15) is 4.88 Å². The Morgan fingerprint density at radius 2 is 1.98 bits per heavy atom. The Bertz CT molecular complexity index is 1360. The Morgan fingerprint density at radius 3 is 2.75 bits per heavy atom. The SMILES string of the molecule is N#CNC(=NCCN1CCOCC1)NC1CC(NC(=O)c2sccc2NCC2=CC=N[C@@H]3CC=CC=C23)CC(C(F)(F)F)C1. The van der Waals surface area contributed by atoms with Crippen LogP contribution in [0.15, 0.2) is 56.9 Å². The van der Waals surface area contributed by atoms with Gasteiger partial charge in [0.05, 0.1) is 37.4 Å². The fourth-order valence-corrected chi connectivity index (χ4v) is 6.73. The molecular weight excluding hydrogens is 593 g/mol. The number of nitrogens with zero attached hydrogens (tertiary/aromatic N) is 4. The highest BCUT2D eigenvalue weighted by Gasteiger charge is 2.45. The zero-order valence-corrected chi connectivity index (χ0v) is 25.1. The molecule has 2 aliphatic heterocycles. The van der Waals surface area contributed by atoms with Crippen molar-refractivity contribution < 1.29 is 22.7 Å². The van der Waals surface area contributed by atoms with E-state index in [1.54, 1.807) is 17.7 Å². The zero-order valence-electron chi connectivity index (χ0n) is 24.3. The number of aliphatic imine (C=N–C) groups is 2. The molecule has 1 amide bonds. The van der Waals surface area contributed by atoms with Crippen molar-refractivity contribution >= 4 is 35.1 Å². The average Bonchev–Trinajstić information content (AvgIpc) is 3.49. The number of anilines is 1. The number of guanidine groups is 1. The van der Waals surface area contributed by atoms with Crippen LogP contribution in [0.1, 0.15) is 35.4 Å². The smallest absolute Gasteiger partial charge is 0.380 e. The lowest BCUT2D eigenvalue weighted by Crippen LogP contribution is -2.52. The summed E-state index contributed by atoms with van der Waals surface area (Å²) >= 11 is 1.24. The lowest BCUT2D eigenvalue weighted by Gasteiger charge is -2.37. The van der Waals surface area contributed by atoms with Crippen molar-refractivity contribution in [2.45, 2.75) is 50.0 Å². The Balaban J connectivity index is 1.21. The number of amides is 1. The van der Waals surface area contributed by atoms with Gasteiger partial charge < -0.3 is 20.7 Å². The van der Waals surface area contributed by atoms with E-state index in [-0.39, 0.29) is 31.3 Å². The highest BCUT2D eigenvalue weighted by atomic mass is 32.1. The first kappa shape index (κ1) is 31.7. The predicted molar refractivity (Wildman–Crippen MR) is 165 cm³/mol. The minimum atomic E-state index is -4.42. The Morgan fingerprint density at radius 1 is 1.18 bits per heavy atom. The first-order valence-electron chi connectivity index (χ1n) is 14.8. The molecule has 0 bridgehead atoms. The second-order valence-electron chi connectivity index (χ2n) is 11.2. The monoisotopic (exact) mass is 630 g/mol. The van der Waals surface area contributed by atoms with Crippen LogP contribution in [-0.4, -0.2) is 93.2 Å². The Hall–Kier alpha value is -3.67. The Labute approximate surface area is 258 Å². The van der Waals surface area contributed by atoms with Crippen molar-refractivity contribution in [2.24, 2.45) is 15.9 Å². The third kappa shape index (κ3) is 8.49. The lowest BCUT2D eigenvalue weighted by molar-refractivity contribution is -0.185. The number of rotatable bonds is 9. The van der Waals surface area contributed by atoms with Gasteiger partial charge in [-0.05, 0) is 54.4 Å². The van der Waals surface area contributed by atoms with Crippen molar-refractivity contribution in [3.05, 3.63) is 51.8 Å². The molecule has 3 heterocycles. The largest absolute Gasteiger partial charge is 0.391 e. The summed E-state index contributed by atoms with van der Waals surface area (Å²) in [6.45, 7) is 4.37. The van der Waals surface area contributed by atoms with Gasteiger partial charge in [-0.15, -0.1) is 11.3 Å². The number of thiophene rings is 1. The number of carbonyl (C=O) groups is 1. The molecule has 4 N–H and O–H groups in total. The normalized spacial score (nSPS) is 25.7. The number of nitriles is 1. The molecule has 1 saturated carbocycles. The Kier molecular flexibility index (Phi) is 10.7. The summed E-state index contributed by atoms with van der Waals surface area (Å²) < 4.78 is 47.2. The molecule has 44 heavy (non-hydrogen) atoms. The van der Waals surface area contributed by atoms with Gasteiger partial charge in [0, 0.05) is 44.5 Å². The van der Waals surface area contributed by atoms with Gasteiger partial charge in [0.15, 0.2) is 6.19 Å². The molecule has 2 fully saturated rings. The number of alkyl halides is 3. The van der Waals surface area contributed by atoms with Crippen molar-refractivity contribution in [3.8, 4) is 6.19 Å². The molecule has 236 valence electrons. The summed E-state index contributed by atoms with van der Waals surface area (Å²) in [5, 5.41) is 22.7. The van der Waals surface area contributed by atoms with E-state index in [2.05, 4.69) is 48.3 Å². The molecule has 2 aliphatic carbocycles. The van der Waals surface area contributed by atoms with Gasteiger partial charge in [0.25, 0.3) is 5.91 Å². The van der Waals surface area contributed by atoms with E-state index in [0.717, 1.165) is 30.7 Å². The molecule has 1 aromatic rings. The second-order valence-corrected chi connectivity index (χ2v) is 12.1. The molecule has 4 aliphatic rings. The highest BCUT2D eigenvalue weighted by molar-refractivity contribution is 7.12. The van der Waals surface area contributed by atoms with E-state index in [4.69, 9.17) is 4.74 Å². The maximum atomic E-state index is 14.0. The maximum absolute atomic E-state index is 14.0. The van der Waals surface area contributed by atoms with Crippen LogP contribution in [0.2, 0.25) is 0 Å². The summed E-state index contributed by atoms with van der Waals surface area (Å²) in [7, 11) is 0. The summed E-state index contributed by atoms with van der Waals surface area (Å²) in [4.78, 5) is 24.9. The highest BCUT2D eigenvalue weighted by Crippen LogP contribution is 2.38. The molecule has 0 spiro atoms. The minimum absolute atomic E-state index is 0.0974. The third-order valence-corrected chi connectivity index (χ3v) is 9.11. The maximum Gasteiger partial charge on any atom is 0.391 e. The van der Waals surface area contributed by atoms with Crippen LogP contribution in [0, 0.1) is 17.4 Å². The van der Waals surface area contributed by atoms with Gasteiger partial charge in [-0.25, -0.2) is 0 Å². The number of hydrogen-bond acceptors (Lipinski definition) is 8. The van der Waals surface area contributed by atoms with Gasteiger partial charge in [-0.1, -0.05) is 18.2 Å². The van der Waals surface area contributed by atoms with E-state index in [9.17, 15) is 23.2 Å². The average molecular weight is 631 g/mol. The lowest BCUT2D eigenvalue weighted by atomic mass is 9.82. The molecule has 1 saturated heterocycles. The number of halogens is 3. The number of hydrogen-bond donors (Lipinski definition) is 4. The van der Waals surface area contributed by atoms with Crippen LogP contribution in [0.3, 0.4) is 0 Å². The summed E-state index contributed by atoms with van der Waals surface area (Å²) in [6, 6.07) is 0.542. The van der Waals surface area contributed by atoms with E-state index in [1.807, 2.05) is 18.3 Å². The van der Waals surface area contributed by atoms with Crippen molar-refractivity contribution in [1.29, 1.82) is 5.26 Å². The molecule has 4 atom stereocenters. The van der Waals surface area contributed by atoms with Crippen LogP contribution in [0.5, 0.6) is 0 Å². The number of carbonyl (C=O) groups excluding carboxylic acids is 1. The van der Waals surface area contributed by atoms with Gasteiger partial charge in [0.2, 0.25) is 5.96 Å². The van der Waals surface area contributed by atoms with Crippen LogP contribution >= 0.6 is 11.3 Å². The molecule has 0 radical (unpaired) electrons. The zero-order chi connectivity index (χ0) is 30.9. The number of dihydropyridines is 1. The predicted octanol–water partition coefficient (Wildman–Crippen LogP) is 3.60. The van der Waals surface area contributed by atoms with Crippen molar-refractivity contribution in [3.63, 3.8) is 0 Å². The van der Waals surface area contributed by atoms with Crippen LogP contribution in [-0.2, 0) is 4.74 Å². The number of allylic oxidation sites excluding steroid dienone is 3. The van der Waals surface area contributed by atoms with Crippen LogP contribution in [0.4, 0.5) is 18.9 Å². The number of fused-ring (bicyclic) bond motifs is 1. The van der Waals surface area contributed by atoms with Gasteiger partial charge >= 0.3 is 6.18 Å². The first-order valence-corrected chi connectivity index (χ1v) is 15.7. The van der Waals surface area contributed by atoms with E-state index < -0.39 is 30.1 Å². The molecule has 10 nitrogen and oxygen atoms in total. The van der Waals surface area contributed by atoms with Crippen LogP contribution in [0.25, 0.3) is 0 Å². The van der Waals surface area contributed by atoms with E-state index in [0.29, 0.717) is 43.4 Å². The summed E-state index contributed by atoms with van der Waals surface area (Å²) in [6.07, 6.45) is 8.00. The molecule has 0 aromatic carbocycles. The standard InChI is InChI=1S/C30H37F3N8O2S/c31-30(32,33)21-15-22(17-23(16-21)40-29(38-19-34)36-8-9-41-10-12-43-13-11-41)39-28(42)27-26(6-14-44-27)37-18-20-5-7-35-25-4-2-1-3-24(20)25/h1-3,5-7,14,21-23,25,37H,4,8-13,15-18H2,(H,39,42)(H2,36,38,40)/t21?,22?,23?,25-/m1/s1. The summed E-state index contributed by atoms with van der Waals surface area (Å²) in [5.41, 5.74) is 2.84. The van der Waals surface area contributed by atoms with Gasteiger partial charge in [-0.2, -0.15) is 18.4 Å². The molecule has 3 unspecified atom stereocenters. The molecule has 14 heteroatoms. The number of morpholine rings is 1. The molecule has 5 rings (SSSR count). The fraction of sp³-hybridized carbons (Fsp3) is 0.533. The quantitative estimate of drug-likeness (QED) is 0.142. The molecule has 1 aromatic heterocycles. The molecular formula is C30H37F3N8O2S. The van der Waals surface area contributed by atoms with Crippen LogP contribution < -0.4 is 21.3 Å². The van der Waals surface area contributed by atoms with E-state index in [1.165, 1.54) is 11.3 Å².